The molecule has 2 heterocycles. The lowest BCUT2D eigenvalue weighted by atomic mass is 10.0. The molecule has 0 aliphatic rings. The quantitative estimate of drug-likeness (QED) is 0.272. The average Bonchev–Trinajstić information content (AvgIpc) is 3.48. The summed E-state index contributed by atoms with van der Waals surface area (Å²) in [6.45, 7) is 7.87. The molecule has 0 spiro atoms. The van der Waals surface area contributed by atoms with Crippen molar-refractivity contribution in [2.45, 2.75) is 52.1 Å². The number of nitrogens with one attached hydrogen (secondary N) is 1. The first-order valence-corrected chi connectivity index (χ1v) is 12.4. The van der Waals surface area contributed by atoms with E-state index >= 15 is 0 Å². The van der Waals surface area contributed by atoms with E-state index in [4.69, 9.17) is 9.72 Å². The van der Waals surface area contributed by atoms with Gasteiger partial charge in [-0.1, -0.05) is 50.2 Å². The molecule has 1 unspecified atom stereocenters. The molecule has 0 saturated heterocycles. The molecule has 33 heavy (non-hydrogen) atoms. The Labute approximate surface area is 199 Å². The Morgan fingerprint density at radius 3 is 2.61 bits per heavy atom. The first-order chi connectivity index (χ1) is 16.0. The van der Waals surface area contributed by atoms with Crippen LogP contribution in [-0.2, 0) is 6.54 Å². The number of carbonyl (C=O) groups excluding carboxylic acids is 1. The van der Waals surface area contributed by atoms with Crippen LogP contribution in [0.1, 0.15) is 66.6 Å². The highest BCUT2D eigenvalue weighted by Gasteiger charge is 2.19. The van der Waals surface area contributed by atoms with Crippen LogP contribution in [0, 0.1) is 0 Å². The van der Waals surface area contributed by atoms with Crippen molar-refractivity contribution in [1.29, 1.82) is 0 Å². The maximum Gasteiger partial charge on any atom is 0.261 e. The molecule has 4 rings (SSSR count). The molecule has 0 fully saturated rings. The van der Waals surface area contributed by atoms with E-state index in [1.807, 2.05) is 48.7 Å². The van der Waals surface area contributed by atoms with Gasteiger partial charge in [0.15, 0.2) is 0 Å². The highest BCUT2D eigenvalue weighted by Crippen LogP contribution is 2.26. The molecule has 1 N–H and O–H groups in total. The Balaban J connectivity index is 1.41. The Morgan fingerprint density at radius 1 is 1.03 bits per heavy atom. The van der Waals surface area contributed by atoms with Crippen LogP contribution in [0.4, 0.5) is 0 Å². The summed E-state index contributed by atoms with van der Waals surface area (Å²) >= 11 is 1.44. The zero-order valence-electron chi connectivity index (χ0n) is 19.5. The summed E-state index contributed by atoms with van der Waals surface area (Å²) in [4.78, 5) is 18.1. The van der Waals surface area contributed by atoms with E-state index in [-0.39, 0.29) is 11.9 Å². The van der Waals surface area contributed by atoms with Crippen LogP contribution >= 0.6 is 11.3 Å². The van der Waals surface area contributed by atoms with E-state index in [1.165, 1.54) is 16.9 Å². The van der Waals surface area contributed by atoms with Crippen molar-refractivity contribution in [3.63, 3.8) is 0 Å². The van der Waals surface area contributed by atoms with Crippen LogP contribution < -0.4 is 10.1 Å². The summed E-state index contributed by atoms with van der Waals surface area (Å²) in [7, 11) is 0. The first kappa shape index (κ1) is 23.1. The Bertz CT molecular complexity index is 1200. The highest BCUT2D eigenvalue weighted by atomic mass is 32.1. The van der Waals surface area contributed by atoms with Crippen molar-refractivity contribution in [2.24, 2.45) is 0 Å². The first-order valence-electron chi connectivity index (χ1n) is 11.6. The maximum atomic E-state index is 12.6. The van der Waals surface area contributed by atoms with Gasteiger partial charge in [-0.3, -0.25) is 4.79 Å². The summed E-state index contributed by atoms with van der Waals surface area (Å²) < 4.78 is 8.33. The number of imidazole rings is 1. The molecule has 172 valence electrons. The second-order valence-electron chi connectivity index (χ2n) is 8.53. The van der Waals surface area contributed by atoms with Gasteiger partial charge in [-0.15, -0.1) is 11.3 Å². The second kappa shape index (κ2) is 10.7. The SMILES string of the molecule is CC(C)c1ccccc1OCCCCn1c(C(C)NC(=O)c2cccs2)nc2ccccc21. The molecule has 5 nitrogen and oxygen atoms in total. The van der Waals surface area contributed by atoms with Gasteiger partial charge >= 0.3 is 0 Å². The predicted octanol–water partition coefficient (Wildman–Crippen LogP) is 6.57. The van der Waals surface area contributed by atoms with Crippen molar-refractivity contribution in [2.75, 3.05) is 6.61 Å². The number of ether oxygens (including phenoxy) is 1. The lowest BCUT2D eigenvalue weighted by Gasteiger charge is -2.17. The zero-order chi connectivity index (χ0) is 23.2. The predicted molar refractivity (Wildman–Crippen MR) is 135 cm³/mol. The number of unbranched alkanes of at least 4 members (excludes halogenated alkanes) is 1. The minimum Gasteiger partial charge on any atom is -0.493 e. The van der Waals surface area contributed by atoms with Crippen molar-refractivity contribution < 1.29 is 9.53 Å². The van der Waals surface area contributed by atoms with Crippen LogP contribution in [0.5, 0.6) is 5.75 Å². The second-order valence-corrected chi connectivity index (χ2v) is 9.48. The number of hydrogen-bond donors (Lipinski definition) is 1. The number of thiophene rings is 1. The Kier molecular flexibility index (Phi) is 7.45. The Hall–Kier alpha value is -3.12. The van der Waals surface area contributed by atoms with Gasteiger partial charge in [0.05, 0.1) is 28.6 Å². The average molecular weight is 462 g/mol. The number of carbonyl (C=O) groups is 1. The van der Waals surface area contributed by atoms with Crippen molar-refractivity contribution in [3.05, 3.63) is 82.3 Å². The van der Waals surface area contributed by atoms with Gasteiger partial charge in [0, 0.05) is 6.54 Å². The number of benzene rings is 2. The number of aromatic nitrogens is 2. The summed E-state index contributed by atoms with van der Waals surface area (Å²) in [5.74, 6) is 2.23. The maximum absolute atomic E-state index is 12.6. The van der Waals surface area contributed by atoms with Gasteiger partial charge < -0.3 is 14.6 Å². The molecule has 4 aromatic rings. The fourth-order valence-corrected chi connectivity index (χ4v) is 4.67. The third kappa shape index (κ3) is 5.45. The molecule has 0 radical (unpaired) electrons. The standard InChI is InChI=1S/C27H31N3O2S/c1-19(2)21-11-4-7-14-24(21)32-17-9-8-16-30-23-13-6-5-12-22(23)29-26(30)20(3)28-27(31)25-15-10-18-33-25/h4-7,10-15,18-20H,8-9,16-17H2,1-3H3,(H,28,31). The molecule has 1 amide bonds. The van der Waals surface area contributed by atoms with Crippen molar-refractivity contribution >= 4 is 28.3 Å². The van der Waals surface area contributed by atoms with Crippen LogP contribution in [0.3, 0.4) is 0 Å². The third-order valence-corrected chi connectivity index (χ3v) is 6.61. The lowest BCUT2D eigenvalue weighted by Crippen LogP contribution is -2.28. The molecule has 0 saturated carbocycles. The van der Waals surface area contributed by atoms with E-state index in [9.17, 15) is 4.79 Å². The molecule has 2 aromatic carbocycles. The number of rotatable bonds is 10. The normalized spacial score (nSPS) is 12.2. The van der Waals surface area contributed by atoms with Crippen LogP contribution in [-0.4, -0.2) is 22.1 Å². The lowest BCUT2D eigenvalue weighted by molar-refractivity contribution is 0.0941. The number of hydrogen-bond acceptors (Lipinski definition) is 4. The molecule has 0 aliphatic carbocycles. The molecule has 0 bridgehead atoms. The van der Waals surface area contributed by atoms with E-state index in [0.717, 1.165) is 42.0 Å². The summed E-state index contributed by atoms with van der Waals surface area (Å²) in [6, 6.07) is 20.0. The van der Waals surface area contributed by atoms with Crippen LogP contribution in [0.15, 0.2) is 66.0 Å². The monoisotopic (exact) mass is 461 g/mol. The van der Waals surface area contributed by atoms with Crippen molar-refractivity contribution in [1.82, 2.24) is 14.9 Å². The fraction of sp³-hybridized carbons (Fsp3) is 0.333. The van der Waals surface area contributed by atoms with Gasteiger partial charge in [-0.25, -0.2) is 4.98 Å². The molecule has 6 heteroatoms. The summed E-state index contributed by atoms with van der Waals surface area (Å²) in [5, 5.41) is 5.02. The number of fused-ring (bicyclic) bond motifs is 1. The summed E-state index contributed by atoms with van der Waals surface area (Å²) in [6.07, 6.45) is 1.90. The topological polar surface area (TPSA) is 56.1 Å². The van der Waals surface area contributed by atoms with E-state index in [0.29, 0.717) is 17.4 Å². The molecule has 0 aliphatic heterocycles. The van der Waals surface area contributed by atoms with E-state index in [2.05, 4.69) is 48.0 Å². The van der Waals surface area contributed by atoms with Gasteiger partial charge in [0.2, 0.25) is 0 Å². The number of aryl methyl sites for hydroxylation is 1. The van der Waals surface area contributed by atoms with Gasteiger partial charge in [0.1, 0.15) is 11.6 Å². The molecular weight excluding hydrogens is 430 g/mol. The molecular formula is C27H31N3O2S. The van der Waals surface area contributed by atoms with Gasteiger partial charge in [-0.05, 0) is 60.9 Å². The van der Waals surface area contributed by atoms with Crippen molar-refractivity contribution in [3.8, 4) is 5.75 Å². The molecule has 2 aromatic heterocycles. The van der Waals surface area contributed by atoms with E-state index < -0.39 is 0 Å². The van der Waals surface area contributed by atoms with Gasteiger partial charge in [0.25, 0.3) is 5.91 Å². The Morgan fingerprint density at radius 2 is 1.82 bits per heavy atom. The third-order valence-electron chi connectivity index (χ3n) is 5.74. The zero-order valence-corrected chi connectivity index (χ0v) is 20.3. The minimum absolute atomic E-state index is 0.0617. The largest absolute Gasteiger partial charge is 0.493 e. The number of nitrogens with zero attached hydrogens (tertiary/aromatic N) is 2. The summed E-state index contributed by atoms with van der Waals surface area (Å²) in [5.41, 5.74) is 3.29. The molecule has 1 atom stereocenters. The van der Waals surface area contributed by atoms with Gasteiger partial charge in [-0.2, -0.15) is 0 Å². The fourth-order valence-electron chi connectivity index (χ4n) is 4.04. The van der Waals surface area contributed by atoms with Crippen LogP contribution in [0.25, 0.3) is 11.0 Å². The van der Waals surface area contributed by atoms with E-state index in [1.54, 1.807) is 0 Å². The highest BCUT2D eigenvalue weighted by molar-refractivity contribution is 7.12. The number of amides is 1. The smallest absolute Gasteiger partial charge is 0.261 e. The van der Waals surface area contributed by atoms with Crippen LogP contribution in [0.2, 0.25) is 0 Å². The number of para-hydroxylation sites is 3. The minimum atomic E-state index is -0.193.